The Kier molecular flexibility index (Phi) is 2.82. The second-order valence-corrected chi connectivity index (χ2v) is 6.71. The molecule has 1 saturated heterocycles. The van der Waals surface area contributed by atoms with Crippen LogP contribution in [0.25, 0.3) is 11.2 Å². The number of aliphatic hydroxyl groups is 2. The largest absolute Gasteiger partial charge is 0.383 e. The zero-order valence-corrected chi connectivity index (χ0v) is 13.2. The van der Waals surface area contributed by atoms with Crippen molar-refractivity contribution in [3.63, 3.8) is 0 Å². The van der Waals surface area contributed by atoms with E-state index in [0.717, 1.165) is 0 Å². The van der Waals surface area contributed by atoms with Gasteiger partial charge >= 0.3 is 0 Å². The molecule has 4 atom stereocenters. The van der Waals surface area contributed by atoms with Gasteiger partial charge in [0.2, 0.25) is 0 Å². The number of anilines is 1. The molecule has 0 amide bonds. The summed E-state index contributed by atoms with van der Waals surface area (Å²) >= 11 is 5.33. The summed E-state index contributed by atoms with van der Waals surface area (Å²) in [6, 6.07) is 0. The minimum absolute atomic E-state index is 0.0654. The average molecular weight is 342 g/mol. The highest BCUT2D eigenvalue weighted by atomic mass is 35.5. The van der Waals surface area contributed by atoms with E-state index in [0.29, 0.717) is 11.2 Å². The van der Waals surface area contributed by atoms with E-state index in [9.17, 15) is 10.2 Å². The van der Waals surface area contributed by atoms with Crippen LogP contribution < -0.4 is 5.73 Å². The number of ether oxygens (including phenoxy) is 1. The van der Waals surface area contributed by atoms with Gasteiger partial charge in [-0.3, -0.25) is 8.86 Å². The van der Waals surface area contributed by atoms with Crippen molar-refractivity contribution in [2.75, 3.05) is 12.3 Å². The lowest BCUT2D eigenvalue weighted by atomic mass is 10.0. The van der Waals surface area contributed by atoms with Gasteiger partial charge in [-0.25, -0.2) is 15.0 Å². The Morgan fingerprint density at radius 2 is 2.09 bits per heavy atom. The number of halogens is 1. The van der Waals surface area contributed by atoms with E-state index in [1.54, 1.807) is 18.4 Å². The first-order valence-electron chi connectivity index (χ1n) is 7.07. The molecule has 10 heteroatoms. The fourth-order valence-electron chi connectivity index (χ4n) is 3.92. The molecule has 0 aromatic carbocycles. The van der Waals surface area contributed by atoms with Crippen molar-refractivity contribution in [2.45, 2.75) is 37.4 Å². The van der Waals surface area contributed by atoms with Crippen molar-refractivity contribution >= 4 is 28.8 Å². The number of aromatic nitrogens is 4. The topological polar surface area (TPSA) is 129 Å². The van der Waals surface area contributed by atoms with Crippen molar-refractivity contribution in [1.82, 2.24) is 19.5 Å². The van der Waals surface area contributed by atoms with Crippen LogP contribution in [0.4, 0.5) is 5.82 Å². The molecule has 2 aromatic rings. The molecule has 1 aliphatic carbocycles. The Bertz CT molecular complexity index is 798. The number of nitrogens with two attached hydrogens (primary N) is 1. The van der Waals surface area contributed by atoms with Crippen LogP contribution in [0.15, 0.2) is 12.7 Å². The average Bonchev–Trinajstić information content (AvgIpc) is 2.87. The number of imidazole rings is 1. The van der Waals surface area contributed by atoms with Crippen LogP contribution in [-0.2, 0) is 9.03 Å². The molecular formula is C13H16ClN5O4. The molecular weight excluding hydrogens is 326 g/mol. The zero-order chi connectivity index (χ0) is 16.6. The molecule has 0 unspecified atom stereocenters. The first-order chi connectivity index (χ1) is 10.8. The Labute approximate surface area is 136 Å². The van der Waals surface area contributed by atoms with Gasteiger partial charge < -0.3 is 20.7 Å². The summed E-state index contributed by atoms with van der Waals surface area (Å²) in [7, 11) is 0. The smallest absolute Gasteiger partial charge is 0.169 e. The van der Waals surface area contributed by atoms with Crippen LogP contribution in [0.3, 0.4) is 0 Å². The molecule has 124 valence electrons. The van der Waals surface area contributed by atoms with Gasteiger partial charge in [0.1, 0.15) is 29.2 Å². The number of rotatable bonds is 3. The van der Waals surface area contributed by atoms with Crippen LogP contribution in [0, 0.1) is 5.41 Å². The van der Waals surface area contributed by atoms with Crippen molar-refractivity contribution in [1.29, 1.82) is 0 Å². The van der Waals surface area contributed by atoms with Crippen LogP contribution in [0.1, 0.15) is 20.1 Å². The van der Waals surface area contributed by atoms with E-state index in [1.807, 2.05) is 0 Å². The summed E-state index contributed by atoms with van der Waals surface area (Å²) in [5, 5.41) is 22.1. The Morgan fingerprint density at radius 1 is 1.35 bits per heavy atom. The van der Waals surface area contributed by atoms with E-state index in [-0.39, 0.29) is 12.4 Å². The highest BCUT2D eigenvalue weighted by molar-refractivity contribution is 6.07. The predicted octanol–water partition coefficient (Wildman–Crippen LogP) is -0.0217. The lowest BCUT2D eigenvalue weighted by Crippen LogP contribution is -2.36. The molecule has 0 radical (unpaired) electrons. The second kappa shape index (κ2) is 4.31. The van der Waals surface area contributed by atoms with Gasteiger partial charge in [0.25, 0.3) is 0 Å². The minimum Gasteiger partial charge on any atom is -0.383 e. The van der Waals surface area contributed by atoms with Gasteiger partial charge in [-0.15, -0.1) is 0 Å². The quantitative estimate of drug-likeness (QED) is 0.710. The first-order valence-corrected chi connectivity index (χ1v) is 7.38. The number of hydrogen-bond donors (Lipinski definition) is 3. The molecule has 2 aromatic heterocycles. The van der Waals surface area contributed by atoms with Crippen LogP contribution in [0.2, 0.25) is 0 Å². The van der Waals surface area contributed by atoms with Crippen molar-refractivity contribution in [2.24, 2.45) is 5.41 Å². The van der Waals surface area contributed by atoms with Gasteiger partial charge in [-0.05, 0) is 0 Å². The molecule has 3 heterocycles. The normalized spacial score (nSPS) is 38.0. The standard InChI is InChI=1S/C13H16ClN5O4/c1-11(2)12(20)6(3-22-14)23-10(13(11,12)21)19-5-18-7-8(15)16-4-17-9(7)19/h4-6,10,20-21H,3H2,1-2H3,(H2,15,16,17)/t6-,10-,12-,13-/m1/s1. The van der Waals surface area contributed by atoms with E-state index < -0.39 is 28.9 Å². The molecule has 0 spiro atoms. The molecule has 2 fully saturated rings. The fraction of sp³-hybridized carbons (Fsp3) is 0.615. The summed E-state index contributed by atoms with van der Waals surface area (Å²) in [4.78, 5) is 12.2. The zero-order valence-electron chi connectivity index (χ0n) is 12.5. The highest BCUT2D eigenvalue weighted by Gasteiger charge is 2.92. The maximum atomic E-state index is 11.1. The van der Waals surface area contributed by atoms with E-state index in [1.165, 1.54) is 12.7 Å². The lowest BCUT2D eigenvalue weighted by Gasteiger charge is -2.27. The second-order valence-electron chi connectivity index (χ2n) is 6.49. The molecule has 23 heavy (non-hydrogen) atoms. The third kappa shape index (κ3) is 1.45. The van der Waals surface area contributed by atoms with E-state index in [4.69, 9.17) is 22.3 Å². The molecule has 1 saturated carbocycles. The Balaban J connectivity index is 1.85. The molecule has 4 N–H and O–H groups in total. The lowest BCUT2D eigenvalue weighted by molar-refractivity contribution is -0.120. The van der Waals surface area contributed by atoms with Gasteiger partial charge in [0.05, 0.1) is 24.8 Å². The van der Waals surface area contributed by atoms with Gasteiger partial charge in [-0.2, -0.15) is 0 Å². The Morgan fingerprint density at radius 3 is 2.78 bits per heavy atom. The number of fused-ring (bicyclic) bond motifs is 2. The first kappa shape index (κ1) is 15.0. The monoisotopic (exact) mass is 341 g/mol. The fourth-order valence-corrected chi connectivity index (χ4v) is 4.03. The summed E-state index contributed by atoms with van der Waals surface area (Å²) in [6.07, 6.45) is 1.07. The maximum Gasteiger partial charge on any atom is 0.169 e. The van der Waals surface area contributed by atoms with E-state index in [2.05, 4.69) is 19.2 Å². The van der Waals surface area contributed by atoms with Gasteiger partial charge in [-0.1, -0.05) is 13.8 Å². The minimum atomic E-state index is -1.53. The molecule has 2 aliphatic rings. The maximum absolute atomic E-state index is 11.1. The third-order valence-electron chi connectivity index (χ3n) is 5.39. The third-order valence-corrected chi connectivity index (χ3v) is 5.52. The highest BCUT2D eigenvalue weighted by Crippen LogP contribution is 2.75. The van der Waals surface area contributed by atoms with Crippen LogP contribution >= 0.6 is 11.9 Å². The molecule has 0 bridgehead atoms. The van der Waals surface area contributed by atoms with Crippen molar-refractivity contribution in [3.05, 3.63) is 12.7 Å². The van der Waals surface area contributed by atoms with Gasteiger partial charge in [0, 0.05) is 5.41 Å². The van der Waals surface area contributed by atoms with Crippen molar-refractivity contribution < 1.29 is 19.2 Å². The Hall–Kier alpha value is -1.52. The van der Waals surface area contributed by atoms with Crippen LogP contribution in [-0.4, -0.2) is 53.6 Å². The summed E-state index contributed by atoms with van der Waals surface area (Å²) in [5.74, 6) is 0.227. The molecule has 9 nitrogen and oxygen atoms in total. The SMILES string of the molecule is CC1(C)[C@]2(O)[C@@H](COCl)O[C@@H](n3cnc4c(N)ncnc43)[C@@]12O. The number of nitrogen functional groups attached to an aromatic ring is 1. The molecule has 1 aliphatic heterocycles. The van der Waals surface area contributed by atoms with E-state index >= 15 is 0 Å². The number of hydrogen-bond acceptors (Lipinski definition) is 8. The van der Waals surface area contributed by atoms with Crippen LogP contribution in [0.5, 0.6) is 0 Å². The molecule has 4 rings (SSSR count). The summed E-state index contributed by atoms with van der Waals surface area (Å²) in [6.45, 7) is 3.45. The predicted molar refractivity (Wildman–Crippen MR) is 79.1 cm³/mol. The van der Waals surface area contributed by atoms with Crippen molar-refractivity contribution in [3.8, 4) is 0 Å². The summed E-state index contributed by atoms with van der Waals surface area (Å²) in [5.41, 5.74) is 2.75. The van der Waals surface area contributed by atoms with Gasteiger partial charge in [0.15, 0.2) is 17.7 Å². The summed E-state index contributed by atoms with van der Waals surface area (Å²) < 4.78 is 12.0. The number of nitrogens with zero attached hydrogens (tertiary/aromatic N) is 4.